The monoisotopic (exact) mass is 366 g/mol. The van der Waals surface area contributed by atoms with Gasteiger partial charge in [-0.15, -0.1) is 0 Å². The zero-order chi connectivity index (χ0) is 20.1. The summed E-state index contributed by atoms with van der Waals surface area (Å²) in [6.45, 7) is 5.16. The van der Waals surface area contributed by atoms with Crippen LogP contribution in [0.2, 0.25) is 0 Å². The molecular formula is C21H22N2O4. The summed E-state index contributed by atoms with van der Waals surface area (Å²) in [5, 5.41) is 0. The van der Waals surface area contributed by atoms with Gasteiger partial charge in [0.05, 0.1) is 11.4 Å². The molecule has 140 valence electrons. The van der Waals surface area contributed by atoms with Crippen molar-refractivity contribution >= 4 is 35.0 Å². The molecule has 0 saturated carbocycles. The van der Waals surface area contributed by atoms with Gasteiger partial charge in [0.2, 0.25) is 23.6 Å². The normalized spacial score (nSPS) is 10.2. The molecule has 0 atom stereocenters. The van der Waals surface area contributed by atoms with Crippen LogP contribution in [-0.2, 0) is 25.6 Å². The van der Waals surface area contributed by atoms with Crippen LogP contribution in [0.4, 0.5) is 11.4 Å². The van der Waals surface area contributed by atoms with Gasteiger partial charge in [0, 0.05) is 27.7 Å². The van der Waals surface area contributed by atoms with Gasteiger partial charge in [0.15, 0.2) is 0 Å². The number of anilines is 2. The quantitative estimate of drug-likeness (QED) is 0.833. The van der Waals surface area contributed by atoms with Crippen molar-refractivity contribution in [2.75, 3.05) is 9.80 Å². The van der Waals surface area contributed by atoms with E-state index in [-0.39, 0.29) is 0 Å². The van der Waals surface area contributed by atoms with Crippen molar-refractivity contribution in [2.45, 2.75) is 34.1 Å². The number of rotatable bonds is 4. The molecule has 0 aliphatic heterocycles. The second kappa shape index (κ2) is 8.40. The van der Waals surface area contributed by atoms with E-state index in [1.54, 1.807) is 12.1 Å². The Balaban J connectivity index is 2.62. The molecule has 0 aliphatic rings. The molecule has 0 radical (unpaired) electrons. The summed E-state index contributed by atoms with van der Waals surface area (Å²) >= 11 is 0. The topological polar surface area (TPSA) is 74.8 Å². The molecule has 0 heterocycles. The van der Waals surface area contributed by atoms with Crippen molar-refractivity contribution in [1.82, 2.24) is 0 Å². The number of imide groups is 2. The maximum atomic E-state index is 12.0. The molecule has 0 N–H and O–H groups in total. The summed E-state index contributed by atoms with van der Waals surface area (Å²) in [5.74, 6) is -1.77. The molecule has 0 bridgehead atoms. The van der Waals surface area contributed by atoms with Crippen LogP contribution in [-0.4, -0.2) is 23.6 Å². The standard InChI is InChI=1S/C21H22N2O4/c1-14(24)22(15(2)25)20-11-19(10-18-8-6-5-7-9-18)12-21(13-20)23(16(3)26)17(4)27/h5-9,11-13H,10H2,1-4H3. The summed E-state index contributed by atoms with van der Waals surface area (Å²) in [6.07, 6.45) is 0.523. The highest BCUT2D eigenvalue weighted by atomic mass is 16.2. The van der Waals surface area contributed by atoms with E-state index in [0.29, 0.717) is 17.8 Å². The van der Waals surface area contributed by atoms with Crippen molar-refractivity contribution in [3.05, 3.63) is 59.7 Å². The number of carbonyl (C=O) groups excluding carboxylic acids is 4. The summed E-state index contributed by atoms with van der Waals surface area (Å²) in [7, 11) is 0. The van der Waals surface area contributed by atoms with Crippen LogP contribution < -0.4 is 9.80 Å². The third-order valence-corrected chi connectivity index (χ3v) is 3.99. The van der Waals surface area contributed by atoms with E-state index >= 15 is 0 Å². The molecule has 2 aromatic carbocycles. The van der Waals surface area contributed by atoms with Crippen LogP contribution in [0, 0.1) is 0 Å². The Hall–Kier alpha value is -3.28. The number of hydrogen-bond donors (Lipinski definition) is 0. The minimum atomic E-state index is -0.442. The van der Waals surface area contributed by atoms with Crippen molar-refractivity contribution in [3.8, 4) is 0 Å². The van der Waals surface area contributed by atoms with Crippen molar-refractivity contribution < 1.29 is 19.2 Å². The van der Waals surface area contributed by atoms with E-state index in [0.717, 1.165) is 20.9 Å². The van der Waals surface area contributed by atoms with Gasteiger partial charge in [-0.25, -0.2) is 0 Å². The van der Waals surface area contributed by atoms with E-state index in [4.69, 9.17) is 0 Å². The molecule has 6 heteroatoms. The largest absolute Gasteiger partial charge is 0.274 e. The number of carbonyl (C=O) groups is 4. The highest BCUT2D eigenvalue weighted by molar-refractivity contribution is 6.16. The third kappa shape index (κ3) is 4.88. The van der Waals surface area contributed by atoms with Crippen LogP contribution in [0.3, 0.4) is 0 Å². The Morgan fingerprint density at radius 1 is 0.630 bits per heavy atom. The lowest BCUT2D eigenvalue weighted by Crippen LogP contribution is -2.35. The van der Waals surface area contributed by atoms with Crippen LogP contribution in [0.15, 0.2) is 48.5 Å². The first-order valence-electron chi connectivity index (χ1n) is 8.51. The predicted octanol–water partition coefficient (Wildman–Crippen LogP) is 3.08. The lowest BCUT2D eigenvalue weighted by Gasteiger charge is -2.23. The molecule has 27 heavy (non-hydrogen) atoms. The number of nitrogens with zero attached hydrogens (tertiary/aromatic N) is 2. The lowest BCUT2D eigenvalue weighted by molar-refractivity contribution is -0.125. The highest BCUT2D eigenvalue weighted by Crippen LogP contribution is 2.28. The highest BCUT2D eigenvalue weighted by Gasteiger charge is 2.22. The van der Waals surface area contributed by atoms with E-state index in [2.05, 4.69) is 0 Å². The van der Waals surface area contributed by atoms with E-state index in [1.165, 1.54) is 33.8 Å². The Labute approximate surface area is 158 Å². The third-order valence-electron chi connectivity index (χ3n) is 3.99. The molecule has 0 aliphatic carbocycles. The fourth-order valence-corrected chi connectivity index (χ4v) is 3.02. The molecule has 0 fully saturated rings. The van der Waals surface area contributed by atoms with Gasteiger partial charge >= 0.3 is 0 Å². The molecule has 6 nitrogen and oxygen atoms in total. The van der Waals surface area contributed by atoms with E-state index in [1.807, 2.05) is 30.3 Å². The van der Waals surface area contributed by atoms with Crippen LogP contribution >= 0.6 is 0 Å². The molecule has 0 saturated heterocycles. The lowest BCUT2D eigenvalue weighted by atomic mass is 10.0. The maximum Gasteiger partial charge on any atom is 0.230 e. The first-order chi connectivity index (χ1) is 12.7. The second-order valence-corrected chi connectivity index (χ2v) is 6.27. The molecular weight excluding hydrogens is 344 g/mol. The Morgan fingerprint density at radius 3 is 1.41 bits per heavy atom. The number of benzene rings is 2. The molecule has 2 aromatic rings. The minimum Gasteiger partial charge on any atom is -0.274 e. The van der Waals surface area contributed by atoms with Crippen molar-refractivity contribution in [2.24, 2.45) is 0 Å². The van der Waals surface area contributed by atoms with Gasteiger partial charge in [-0.3, -0.25) is 29.0 Å². The SMILES string of the molecule is CC(=O)N(C(C)=O)c1cc(Cc2ccccc2)cc(N(C(C)=O)C(C)=O)c1. The zero-order valence-electron chi connectivity index (χ0n) is 15.9. The van der Waals surface area contributed by atoms with Crippen LogP contribution in [0.1, 0.15) is 38.8 Å². The summed E-state index contributed by atoms with van der Waals surface area (Å²) in [5.41, 5.74) is 2.44. The molecule has 0 aromatic heterocycles. The van der Waals surface area contributed by atoms with Gasteiger partial charge in [-0.05, 0) is 35.7 Å². The van der Waals surface area contributed by atoms with Crippen molar-refractivity contribution in [1.29, 1.82) is 0 Å². The summed E-state index contributed by atoms with van der Waals surface area (Å²) in [6, 6.07) is 14.6. The van der Waals surface area contributed by atoms with Crippen LogP contribution in [0.5, 0.6) is 0 Å². The molecule has 4 amide bonds. The number of hydrogen-bond acceptors (Lipinski definition) is 4. The van der Waals surface area contributed by atoms with Gasteiger partial charge in [0.25, 0.3) is 0 Å². The average molecular weight is 366 g/mol. The van der Waals surface area contributed by atoms with Crippen molar-refractivity contribution in [3.63, 3.8) is 0 Å². The molecule has 2 rings (SSSR count). The number of amides is 4. The average Bonchev–Trinajstić information content (AvgIpc) is 2.54. The van der Waals surface area contributed by atoms with E-state index in [9.17, 15) is 19.2 Å². The second-order valence-electron chi connectivity index (χ2n) is 6.27. The van der Waals surface area contributed by atoms with E-state index < -0.39 is 23.6 Å². The van der Waals surface area contributed by atoms with Gasteiger partial charge in [0.1, 0.15) is 0 Å². The fraction of sp³-hybridized carbons (Fsp3) is 0.238. The smallest absolute Gasteiger partial charge is 0.230 e. The first-order valence-corrected chi connectivity index (χ1v) is 8.51. The minimum absolute atomic E-state index is 0.325. The zero-order valence-corrected chi connectivity index (χ0v) is 15.9. The Kier molecular flexibility index (Phi) is 6.23. The summed E-state index contributed by atoms with van der Waals surface area (Å²) < 4.78 is 0. The first kappa shape index (κ1) is 20.0. The maximum absolute atomic E-state index is 12.0. The summed E-state index contributed by atoms with van der Waals surface area (Å²) in [4.78, 5) is 49.9. The van der Waals surface area contributed by atoms with Crippen LogP contribution in [0.25, 0.3) is 0 Å². The Morgan fingerprint density at radius 2 is 1.04 bits per heavy atom. The fourth-order valence-electron chi connectivity index (χ4n) is 3.02. The molecule has 0 unspecified atom stereocenters. The molecule has 0 spiro atoms. The predicted molar refractivity (Wildman–Crippen MR) is 103 cm³/mol. The Bertz CT molecular complexity index is 812. The van der Waals surface area contributed by atoms with Gasteiger partial charge < -0.3 is 0 Å². The van der Waals surface area contributed by atoms with Gasteiger partial charge in [-0.2, -0.15) is 0 Å². The van der Waals surface area contributed by atoms with Gasteiger partial charge in [-0.1, -0.05) is 30.3 Å².